The zero-order chi connectivity index (χ0) is 19.8. The molecule has 0 atom stereocenters. The third-order valence-electron chi connectivity index (χ3n) is 4.57. The summed E-state index contributed by atoms with van der Waals surface area (Å²) in [5.74, 6) is 0.399. The number of ether oxygens (including phenoxy) is 1. The third kappa shape index (κ3) is 3.20. The van der Waals surface area contributed by atoms with Gasteiger partial charge in [-0.2, -0.15) is 10.4 Å². The minimum Gasteiger partial charge on any atom is -0.496 e. The van der Waals surface area contributed by atoms with Gasteiger partial charge in [-0.05, 0) is 30.3 Å². The van der Waals surface area contributed by atoms with Crippen LogP contribution in [0, 0.1) is 11.3 Å². The van der Waals surface area contributed by atoms with Gasteiger partial charge in [-0.3, -0.25) is 8.65 Å². The maximum Gasteiger partial charge on any atom is 0.266 e. The number of nitriles is 1. The van der Waals surface area contributed by atoms with Gasteiger partial charge in [0.25, 0.3) is 6.43 Å². The highest BCUT2D eigenvalue weighted by Crippen LogP contribution is 2.39. The Labute approximate surface area is 175 Å². The topological polar surface area (TPSA) is 55.8 Å². The molecule has 5 nitrogen and oxygen atoms in total. The van der Waals surface area contributed by atoms with E-state index in [0.717, 1.165) is 10.9 Å². The lowest BCUT2D eigenvalue weighted by Gasteiger charge is -2.14. The zero-order valence-electron chi connectivity index (χ0n) is 14.6. The highest BCUT2D eigenvalue weighted by molar-refractivity contribution is 14.2. The number of benzene rings is 2. The number of hydrogen-bond donors (Lipinski definition) is 0. The Kier molecular flexibility index (Phi) is 5.16. The second-order valence-corrected chi connectivity index (χ2v) is 7.85. The van der Waals surface area contributed by atoms with Gasteiger partial charge in [-0.1, -0.05) is 0 Å². The Balaban J connectivity index is 1.87. The van der Waals surface area contributed by atoms with Crippen molar-refractivity contribution in [1.29, 1.82) is 5.26 Å². The fourth-order valence-electron chi connectivity index (χ4n) is 3.32. The van der Waals surface area contributed by atoms with Crippen LogP contribution in [0.4, 0.5) is 8.78 Å². The van der Waals surface area contributed by atoms with Crippen molar-refractivity contribution in [1.82, 2.24) is 13.8 Å². The van der Waals surface area contributed by atoms with E-state index < -0.39 is 6.43 Å². The molecule has 0 unspecified atom stereocenters. The standard InChI is InChI=1S/C19H13F2IN4OS/c1-27-17-7-14(19(20)21)18-13(4-5-26(18)28-22)15(17)10-25-9-12-3-2-11(8-23)6-16(12)24-25/h2-7,9,19H,10H2,1H3. The number of nitrogens with zero attached hydrogens (tertiary/aromatic N) is 4. The van der Waals surface area contributed by atoms with Crippen molar-refractivity contribution in [2.45, 2.75) is 13.0 Å². The van der Waals surface area contributed by atoms with Crippen LogP contribution in [-0.2, 0) is 6.54 Å². The van der Waals surface area contributed by atoms with Crippen LogP contribution in [-0.4, -0.2) is 20.9 Å². The number of fused-ring (bicyclic) bond motifs is 2. The summed E-state index contributed by atoms with van der Waals surface area (Å²) >= 11 is 2.07. The van der Waals surface area contributed by atoms with Crippen molar-refractivity contribution in [2.75, 3.05) is 7.11 Å². The molecule has 2 aromatic heterocycles. The highest BCUT2D eigenvalue weighted by atomic mass is 127. The highest BCUT2D eigenvalue weighted by Gasteiger charge is 2.22. The molecule has 0 saturated heterocycles. The molecule has 2 aromatic carbocycles. The number of aromatic nitrogens is 3. The van der Waals surface area contributed by atoms with Crippen LogP contribution < -0.4 is 4.74 Å². The second-order valence-electron chi connectivity index (χ2n) is 6.13. The van der Waals surface area contributed by atoms with Crippen molar-refractivity contribution < 1.29 is 13.5 Å². The maximum atomic E-state index is 13.7. The van der Waals surface area contributed by atoms with E-state index in [1.54, 1.807) is 27.0 Å². The van der Waals surface area contributed by atoms with E-state index >= 15 is 0 Å². The first-order valence-corrected chi connectivity index (χ1v) is 11.5. The first-order valence-electron chi connectivity index (χ1n) is 8.21. The van der Waals surface area contributed by atoms with Crippen molar-refractivity contribution in [3.05, 3.63) is 59.4 Å². The van der Waals surface area contributed by atoms with Crippen molar-refractivity contribution >= 4 is 52.1 Å². The molecule has 2 heterocycles. The molecule has 0 radical (unpaired) electrons. The van der Waals surface area contributed by atoms with Crippen molar-refractivity contribution in [2.24, 2.45) is 0 Å². The van der Waals surface area contributed by atoms with E-state index in [9.17, 15) is 8.78 Å². The SMILES string of the molecule is COc1cc(C(F)F)c2c(ccn2SI)c1Cn1cc2ccc(C#N)cc2n1. The first-order chi connectivity index (χ1) is 13.5. The van der Waals surface area contributed by atoms with Gasteiger partial charge in [0.1, 0.15) is 5.75 Å². The van der Waals surface area contributed by atoms with Gasteiger partial charge in [0, 0.05) is 64.6 Å². The fourth-order valence-corrected chi connectivity index (χ4v) is 4.68. The number of methoxy groups -OCH3 is 1. The smallest absolute Gasteiger partial charge is 0.266 e. The molecular weight excluding hydrogens is 497 g/mol. The third-order valence-corrected chi connectivity index (χ3v) is 6.29. The molecule has 0 amide bonds. The minimum atomic E-state index is -2.61. The number of alkyl halides is 2. The average molecular weight is 510 g/mol. The molecule has 0 saturated carbocycles. The van der Waals surface area contributed by atoms with Gasteiger partial charge in [-0.15, -0.1) is 0 Å². The van der Waals surface area contributed by atoms with Gasteiger partial charge in [0.15, 0.2) is 0 Å². The summed E-state index contributed by atoms with van der Waals surface area (Å²) in [7, 11) is 2.81. The summed E-state index contributed by atoms with van der Waals surface area (Å²) in [5.41, 5.74) is 2.44. The van der Waals surface area contributed by atoms with Crippen LogP contribution in [0.25, 0.3) is 21.8 Å². The quantitative estimate of drug-likeness (QED) is 0.323. The summed E-state index contributed by atoms with van der Waals surface area (Å²) in [4.78, 5) is 0. The monoisotopic (exact) mass is 510 g/mol. The largest absolute Gasteiger partial charge is 0.496 e. The fraction of sp³-hybridized carbons (Fsp3) is 0.158. The van der Waals surface area contributed by atoms with Crippen molar-refractivity contribution in [3.63, 3.8) is 0 Å². The number of hydrogen-bond acceptors (Lipinski definition) is 4. The Bertz CT molecular complexity index is 1230. The predicted octanol–water partition coefficient (Wildman–Crippen LogP) is 5.70. The summed E-state index contributed by atoms with van der Waals surface area (Å²) < 4.78 is 36.2. The summed E-state index contributed by atoms with van der Waals surface area (Å²) in [6, 6.07) is 10.6. The summed E-state index contributed by atoms with van der Waals surface area (Å²) in [6.45, 7) is 0.357. The minimum absolute atomic E-state index is 0.0611. The van der Waals surface area contributed by atoms with Gasteiger partial charge in [-0.25, -0.2) is 8.78 Å². The van der Waals surface area contributed by atoms with Crippen LogP contribution >= 0.6 is 30.3 Å². The van der Waals surface area contributed by atoms with Gasteiger partial charge in [0.05, 0.1) is 36.3 Å². The molecule has 0 N–H and O–H groups in total. The van der Waals surface area contributed by atoms with Gasteiger partial charge in [0.2, 0.25) is 0 Å². The Hall–Kier alpha value is -2.32. The molecule has 0 aliphatic heterocycles. The lowest BCUT2D eigenvalue weighted by atomic mass is 10.0. The van der Waals surface area contributed by atoms with Crippen LogP contribution in [0.15, 0.2) is 42.7 Å². The molecule has 0 bridgehead atoms. The Morgan fingerprint density at radius 2 is 2.14 bits per heavy atom. The van der Waals surface area contributed by atoms with E-state index in [0.29, 0.717) is 34.3 Å². The summed E-state index contributed by atoms with van der Waals surface area (Å²) in [5, 5.41) is 15.2. The molecule has 28 heavy (non-hydrogen) atoms. The molecule has 9 heteroatoms. The average Bonchev–Trinajstić information content (AvgIpc) is 3.30. The van der Waals surface area contributed by atoms with E-state index in [-0.39, 0.29) is 5.56 Å². The van der Waals surface area contributed by atoms with Crippen LogP contribution in [0.5, 0.6) is 5.75 Å². The van der Waals surface area contributed by atoms with E-state index in [2.05, 4.69) is 32.4 Å². The molecule has 4 rings (SSSR count). The molecule has 0 fully saturated rings. The van der Waals surface area contributed by atoms with E-state index in [4.69, 9.17) is 10.00 Å². The zero-order valence-corrected chi connectivity index (χ0v) is 17.5. The molecule has 4 aromatic rings. The molecule has 0 aliphatic rings. The van der Waals surface area contributed by atoms with Crippen LogP contribution in [0.1, 0.15) is 23.1 Å². The first kappa shape index (κ1) is 19.0. The Morgan fingerprint density at radius 3 is 2.82 bits per heavy atom. The molecule has 142 valence electrons. The van der Waals surface area contributed by atoms with Gasteiger partial charge < -0.3 is 4.74 Å². The van der Waals surface area contributed by atoms with Crippen LogP contribution in [0.3, 0.4) is 0 Å². The second kappa shape index (κ2) is 7.60. The molecular formula is C19H13F2IN4OS. The maximum absolute atomic E-state index is 13.7. The normalized spacial score (nSPS) is 11.4. The van der Waals surface area contributed by atoms with Crippen LogP contribution in [0.2, 0.25) is 0 Å². The number of halogens is 3. The van der Waals surface area contributed by atoms with Gasteiger partial charge >= 0.3 is 0 Å². The van der Waals surface area contributed by atoms with E-state index in [1.165, 1.54) is 22.3 Å². The van der Waals surface area contributed by atoms with Crippen molar-refractivity contribution in [3.8, 4) is 11.8 Å². The lowest BCUT2D eigenvalue weighted by Crippen LogP contribution is -2.05. The predicted molar refractivity (Wildman–Crippen MR) is 114 cm³/mol. The lowest BCUT2D eigenvalue weighted by molar-refractivity contribution is 0.152. The molecule has 0 aliphatic carbocycles. The summed E-state index contributed by atoms with van der Waals surface area (Å²) in [6.07, 6.45) is 1.03. The number of rotatable bonds is 5. The van der Waals surface area contributed by atoms with E-state index in [1.807, 2.05) is 18.3 Å². The Morgan fingerprint density at radius 1 is 1.32 bits per heavy atom. The molecule has 0 spiro atoms.